The molecule has 0 atom stereocenters. The van der Waals surface area contributed by atoms with Crippen molar-refractivity contribution in [3.05, 3.63) is 34.9 Å². The van der Waals surface area contributed by atoms with Crippen LogP contribution in [0.25, 0.3) is 0 Å². The summed E-state index contributed by atoms with van der Waals surface area (Å²) >= 11 is 0. The molecule has 0 fully saturated rings. The van der Waals surface area contributed by atoms with E-state index < -0.39 is 9.84 Å². The van der Waals surface area contributed by atoms with Gasteiger partial charge in [0.05, 0.1) is 5.75 Å². The standard InChI is InChI=1S/C14H20O3S/c1-10(2)14(15)9-18(16,17)8-13-6-11(3)5-12(4)7-13/h5-7,10H,8-9H2,1-4H3. The number of aryl methyl sites for hydroxylation is 2. The molecule has 0 N–H and O–H groups in total. The predicted octanol–water partition coefficient (Wildman–Crippen LogP) is 2.44. The van der Waals surface area contributed by atoms with Crippen LogP contribution < -0.4 is 0 Å². The van der Waals surface area contributed by atoms with Gasteiger partial charge >= 0.3 is 0 Å². The van der Waals surface area contributed by atoms with E-state index in [1.54, 1.807) is 13.8 Å². The zero-order valence-electron chi connectivity index (χ0n) is 11.4. The van der Waals surface area contributed by atoms with Crippen molar-refractivity contribution in [2.75, 3.05) is 5.75 Å². The minimum atomic E-state index is -3.36. The fraction of sp³-hybridized carbons (Fsp3) is 0.500. The van der Waals surface area contributed by atoms with Crippen LogP contribution in [0.1, 0.15) is 30.5 Å². The number of hydrogen-bond donors (Lipinski definition) is 0. The fourth-order valence-corrected chi connectivity index (χ4v) is 3.38. The lowest BCUT2D eigenvalue weighted by molar-refractivity contribution is -0.119. The molecule has 0 aliphatic heterocycles. The Bertz CT molecular complexity index is 522. The van der Waals surface area contributed by atoms with Crippen LogP contribution in [0.4, 0.5) is 0 Å². The maximum Gasteiger partial charge on any atom is 0.161 e. The first-order valence-electron chi connectivity index (χ1n) is 6.00. The van der Waals surface area contributed by atoms with Crippen LogP contribution in [0.2, 0.25) is 0 Å². The Morgan fingerprint density at radius 1 is 1.11 bits per heavy atom. The molecule has 0 aliphatic carbocycles. The molecule has 0 spiro atoms. The van der Waals surface area contributed by atoms with Crippen LogP contribution in [-0.4, -0.2) is 20.0 Å². The Hall–Kier alpha value is -1.16. The predicted molar refractivity (Wildman–Crippen MR) is 73.3 cm³/mol. The van der Waals surface area contributed by atoms with Gasteiger partial charge in [-0.05, 0) is 19.4 Å². The summed E-state index contributed by atoms with van der Waals surface area (Å²) in [5, 5.41) is 0. The molecule has 100 valence electrons. The molecular weight excluding hydrogens is 248 g/mol. The van der Waals surface area contributed by atoms with Crippen LogP contribution >= 0.6 is 0 Å². The van der Waals surface area contributed by atoms with Crippen LogP contribution in [0.15, 0.2) is 18.2 Å². The van der Waals surface area contributed by atoms with E-state index in [4.69, 9.17) is 0 Å². The molecule has 1 aromatic rings. The third kappa shape index (κ3) is 4.61. The molecule has 0 amide bonds. The number of carbonyl (C=O) groups is 1. The molecule has 0 bridgehead atoms. The first kappa shape index (κ1) is 14.9. The molecule has 0 heterocycles. The highest BCUT2D eigenvalue weighted by molar-refractivity contribution is 7.91. The first-order valence-corrected chi connectivity index (χ1v) is 7.82. The third-order valence-corrected chi connectivity index (χ3v) is 4.17. The molecule has 1 rings (SSSR count). The minimum absolute atomic E-state index is 0.0615. The Morgan fingerprint density at radius 3 is 2.06 bits per heavy atom. The number of rotatable bonds is 5. The minimum Gasteiger partial charge on any atom is -0.298 e. The van der Waals surface area contributed by atoms with Gasteiger partial charge in [-0.2, -0.15) is 0 Å². The zero-order valence-corrected chi connectivity index (χ0v) is 12.2. The Labute approximate surface area is 109 Å². The number of Topliss-reactive ketones (excluding diaryl/α,β-unsaturated/α-hetero) is 1. The first-order chi connectivity index (χ1) is 8.19. The van der Waals surface area contributed by atoms with E-state index >= 15 is 0 Å². The normalized spacial score (nSPS) is 11.8. The number of sulfone groups is 1. The Balaban J connectivity index is 2.86. The van der Waals surface area contributed by atoms with Crippen molar-refractivity contribution >= 4 is 15.6 Å². The third-order valence-electron chi connectivity index (χ3n) is 2.67. The summed E-state index contributed by atoms with van der Waals surface area (Å²) in [6.45, 7) is 7.30. The van der Waals surface area contributed by atoms with Crippen molar-refractivity contribution in [2.45, 2.75) is 33.4 Å². The van der Waals surface area contributed by atoms with E-state index in [1.165, 1.54) is 0 Å². The summed E-state index contributed by atoms with van der Waals surface area (Å²) in [5.74, 6) is -0.885. The Morgan fingerprint density at radius 2 is 1.61 bits per heavy atom. The van der Waals surface area contributed by atoms with Crippen molar-refractivity contribution in [2.24, 2.45) is 5.92 Å². The smallest absolute Gasteiger partial charge is 0.161 e. The van der Waals surface area contributed by atoms with Gasteiger partial charge in [-0.1, -0.05) is 43.2 Å². The number of hydrogen-bond acceptors (Lipinski definition) is 3. The van der Waals surface area contributed by atoms with E-state index in [9.17, 15) is 13.2 Å². The topological polar surface area (TPSA) is 51.2 Å². The average molecular weight is 268 g/mol. The van der Waals surface area contributed by atoms with Gasteiger partial charge in [0, 0.05) is 5.92 Å². The van der Waals surface area contributed by atoms with Gasteiger partial charge in [0.1, 0.15) is 11.5 Å². The van der Waals surface area contributed by atoms with Crippen LogP contribution in [0, 0.1) is 19.8 Å². The molecule has 3 nitrogen and oxygen atoms in total. The van der Waals surface area contributed by atoms with Crippen LogP contribution in [-0.2, 0) is 20.4 Å². The molecule has 0 saturated heterocycles. The van der Waals surface area contributed by atoms with Crippen molar-refractivity contribution in [1.29, 1.82) is 0 Å². The van der Waals surface area contributed by atoms with Gasteiger partial charge < -0.3 is 0 Å². The molecule has 18 heavy (non-hydrogen) atoms. The van der Waals surface area contributed by atoms with Crippen molar-refractivity contribution in [1.82, 2.24) is 0 Å². The van der Waals surface area contributed by atoms with E-state index in [1.807, 2.05) is 32.0 Å². The Kier molecular flexibility index (Phi) is 4.68. The summed E-state index contributed by atoms with van der Waals surface area (Å²) in [7, 11) is -3.36. The lowest BCUT2D eigenvalue weighted by atomic mass is 10.1. The second-order valence-electron chi connectivity index (χ2n) is 5.15. The zero-order chi connectivity index (χ0) is 13.9. The van der Waals surface area contributed by atoms with Gasteiger partial charge in [0.25, 0.3) is 0 Å². The summed E-state index contributed by atoms with van der Waals surface area (Å²) < 4.78 is 23.8. The maximum absolute atomic E-state index is 11.9. The molecule has 0 unspecified atom stereocenters. The number of benzene rings is 1. The second-order valence-corrected chi connectivity index (χ2v) is 7.21. The SMILES string of the molecule is Cc1cc(C)cc(CS(=O)(=O)CC(=O)C(C)C)c1. The van der Waals surface area contributed by atoms with Crippen molar-refractivity contribution in [3.8, 4) is 0 Å². The molecule has 0 radical (unpaired) electrons. The quantitative estimate of drug-likeness (QED) is 0.824. The average Bonchev–Trinajstić information content (AvgIpc) is 2.13. The van der Waals surface area contributed by atoms with Gasteiger partial charge in [0.2, 0.25) is 0 Å². The molecule has 1 aromatic carbocycles. The van der Waals surface area contributed by atoms with E-state index in [-0.39, 0.29) is 23.2 Å². The van der Waals surface area contributed by atoms with Crippen molar-refractivity contribution < 1.29 is 13.2 Å². The number of carbonyl (C=O) groups excluding carboxylic acids is 1. The largest absolute Gasteiger partial charge is 0.298 e. The highest BCUT2D eigenvalue weighted by atomic mass is 32.2. The summed E-state index contributed by atoms with van der Waals surface area (Å²) in [6.07, 6.45) is 0. The fourth-order valence-electron chi connectivity index (χ4n) is 1.84. The van der Waals surface area contributed by atoms with E-state index in [0.29, 0.717) is 0 Å². The number of ketones is 1. The van der Waals surface area contributed by atoms with Gasteiger partial charge in [0.15, 0.2) is 9.84 Å². The highest BCUT2D eigenvalue weighted by Crippen LogP contribution is 2.13. The molecule has 0 aromatic heterocycles. The summed E-state index contributed by atoms with van der Waals surface area (Å²) in [6, 6.07) is 5.70. The lowest BCUT2D eigenvalue weighted by Crippen LogP contribution is -2.21. The molecule has 4 heteroatoms. The van der Waals surface area contributed by atoms with E-state index in [0.717, 1.165) is 16.7 Å². The lowest BCUT2D eigenvalue weighted by Gasteiger charge is -2.08. The van der Waals surface area contributed by atoms with E-state index in [2.05, 4.69) is 0 Å². The van der Waals surface area contributed by atoms with Gasteiger partial charge in [-0.3, -0.25) is 4.79 Å². The van der Waals surface area contributed by atoms with Gasteiger partial charge in [-0.15, -0.1) is 0 Å². The molecular formula is C14H20O3S. The monoisotopic (exact) mass is 268 g/mol. The molecule has 0 saturated carbocycles. The second kappa shape index (κ2) is 5.65. The van der Waals surface area contributed by atoms with Crippen molar-refractivity contribution in [3.63, 3.8) is 0 Å². The van der Waals surface area contributed by atoms with Crippen LogP contribution in [0.5, 0.6) is 0 Å². The maximum atomic E-state index is 11.9. The van der Waals surface area contributed by atoms with Crippen LogP contribution in [0.3, 0.4) is 0 Å². The highest BCUT2D eigenvalue weighted by Gasteiger charge is 2.19. The summed E-state index contributed by atoms with van der Waals surface area (Å²) in [5.41, 5.74) is 2.83. The summed E-state index contributed by atoms with van der Waals surface area (Å²) in [4.78, 5) is 11.5. The van der Waals surface area contributed by atoms with Gasteiger partial charge in [-0.25, -0.2) is 8.42 Å². The molecule has 0 aliphatic rings.